The van der Waals surface area contributed by atoms with Gasteiger partial charge in [0.1, 0.15) is 17.6 Å². The van der Waals surface area contributed by atoms with Gasteiger partial charge in [0, 0.05) is 5.56 Å². The second kappa shape index (κ2) is 4.14. The van der Waals surface area contributed by atoms with Gasteiger partial charge >= 0.3 is 0 Å². The Hall–Kier alpha value is -1.55. The number of Topliss-reactive ketones (excluding diaryl/α,β-unsaturated/α-hetero) is 1. The molecule has 1 aliphatic rings. The number of hydrogen-bond acceptors (Lipinski definition) is 4. The zero-order valence-corrected chi connectivity index (χ0v) is 9.57. The summed E-state index contributed by atoms with van der Waals surface area (Å²) in [6, 6.07) is 3.53. The molecule has 1 aliphatic heterocycles. The normalized spacial score (nSPS) is 19.2. The number of methoxy groups -OCH3 is 2. The number of ketones is 1. The maximum atomic E-state index is 12.0. The van der Waals surface area contributed by atoms with E-state index >= 15 is 0 Å². The molecule has 1 heterocycles. The molecular weight excluding hydrogens is 208 g/mol. The molecule has 1 aromatic rings. The molecule has 0 unspecified atom stereocenters. The van der Waals surface area contributed by atoms with Crippen molar-refractivity contribution in [3.05, 3.63) is 23.3 Å². The minimum Gasteiger partial charge on any atom is -0.496 e. The van der Waals surface area contributed by atoms with E-state index in [2.05, 4.69) is 0 Å². The summed E-state index contributed by atoms with van der Waals surface area (Å²) < 4.78 is 15.8. The van der Waals surface area contributed by atoms with Crippen LogP contribution in [0.25, 0.3) is 0 Å². The SMILES string of the molecule is COc1ccc(OC)c2c1CO[C@@H](C)C2=O. The highest BCUT2D eigenvalue weighted by Crippen LogP contribution is 2.35. The zero-order valence-electron chi connectivity index (χ0n) is 9.57. The lowest BCUT2D eigenvalue weighted by Crippen LogP contribution is -2.28. The molecule has 0 saturated heterocycles. The van der Waals surface area contributed by atoms with Crippen molar-refractivity contribution in [1.29, 1.82) is 0 Å². The predicted octanol–water partition coefficient (Wildman–Crippen LogP) is 1.81. The van der Waals surface area contributed by atoms with Crippen molar-refractivity contribution in [1.82, 2.24) is 0 Å². The van der Waals surface area contributed by atoms with Gasteiger partial charge in [-0.15, -0.1) is 0 Å². The van der Waals surface area contributed by atoms with Crippen LogP contribution < -0.4 is 9.47 Å². The van der Waals surface area contributed by atoms with E-state index in [0.717, 1.165) is 5.56 Å². The molecule has 86 valence electrons. The molecule has 0 radical (unpaired) electrons. The molecule has 0 fully saturated rings. The summed E-state index contributed by atoms with van der Waals surface area (Å²) in [6.45, 7) is 2.12. The van der Waals surface area contributed by atoms with Crippen LogP contribution in [0.5, 0.6) is 11.5 Å². The summed E-state index contributed by atoms with van der Waals surface area (Å²) >= 11 is 0. The molecule has 4 nitrogen and oxygen atoms in total. The van der Waals surface area contributed by atoms with Crippen LogP contribution in [0.1, 0.15) is 22.8 Å². The van der Waals surface area contributed by atoms with Gasteiger partial charge in [-0.2, -0.15) is 0 Å². The van der Waals surface area contributed by atoms with Gasteiger partial charge in [-0.25, -0.2) is 0 Å². The Kier molecular flexibility index (Phi) is 2.83. The van der Waals surface area contributed by atoms with Crippen LogP contribution in [0.3, 0.4) is 0 Å². The van der Waals surface area contributed by atoms with Gasteiger partial charge in [-0.3, -0.25) is 4.79 Å². The van der Waals surface area contributed by atoms with Gasteiger partial charge in [0.05, 0.1) is 26.4 Å². The lowest BCUT2D eigenvalue weighted by molar-refractivity contribution is 0.0323. The highest BCUT2D eigenvalue weighted by molar-refractivity contribution is 6.04. The van der Waals surface area contributed by atoms with Gasteiger partial charge in [-0.05, 0) is 19.1 Å². The first-order valence-corrected chi connectivity index (χ1v) is 5.08. The van der Waals surface area contributed by atoms with Crippen molar-refractivity contribution in [2.75, 3.05) is 14.2 Å². The van der Waals surface area contributed by atoms with E-state index in [1.807, 2.05) is 0 Å². The van der Waals surface area contributed by atoms with Crippen LogP contribution in [-0.4, -0.2) is 26.1 Å². The van der Waals surface area contributed by atoms with Crippen molar-refractivity contribution in [3.63, 3.8) is 0 Å². The van der Waals surface area contributed by atoms with Crippen molar-refractivity contribution in [2.45, 2.75) is 19.6 Å². The summed E-state index contributed by atoms with van der Waals surface area (Å²) in [5.41, 5.74) is 1.35. The fourth-order valence-corrected chi connectivity index (χ4v) is 1.87. The molecule has 0 aromatic heterocycles. The summed E-state index contributed by atoms with van der Waals surface area (Å²) in [6.07, 6.45) is -0.423. The molecule has 1 atom stereocenters. The largest absolute Gasteiger partial charge is 0.496 e. The topological polar surface area (TPSA) is 44.8 Å². The summed E-state index contributed by atoms with van der Waals surface area (Å²) in [5, 5.41) is 0. The van der Waals surface area contributed by atoms with Crippen molar-refractivity contribution < 1.29 is 19.0 Å². The van der Waals surface area contributed by atoms with Crippen molar-refractivity contribution >= 4 is 5.78 Å². The minimum atomic E-state index is -0.423. The number of carbonyl (C=O) groups excluding carboxylic acids is 1. The summed E-state index contributed by atoms with van der Waals surface area (Å²) in [5.74, 6) is 1.18. The van der Waals surface area contributed by atoms with E-state index in [4.69, 9.17) is 14.2 Å². The molecule has 0 aliphatic carbocycles. The first-order valence-electron chi connectivity index (χ1n) is 5.08. The molecule has 0 N–H and O–H groups in total. The third kappa shape index (κ3) is 1.55. The van der Waals surface area contributed by atoms with Crippen LogP contribution >= 0.6 is 0 Å². The summed E-state index contributed by atoms with van der Waals surface area (Å²) in [4.78, 5) is 12.0. The Labute approximate surface area is 94.1 Å². The number of ether oxygens (including phenoxy) is 3. The third-order valence-electron chi connectivity index (χ3n) is 2.76. The molecule has 4 heteroatoms. The van der Waals surface area contributed by atoms with E-state index in [1.54, 1.807) is 33.3 Å². The number of hydrogen-bond donors (Lipinski definition) is 0. The average molecular weight is 222 g/mol. The maximum Gasteiger partial charge on any atom is 0.195 e. The van der Waals surface area contributed by atoms with Crippen molar-refractivity contribution in [3.8, 4) is 11.5 Å². The predicted molar refractivity (Wildman–Crippen MR) is 58.1 cm³/mol. The smallest absolute Gasteiger partial charge is 0.195 e. The number of fused-ring (bicyclic) bond motifs is 1. The van der Waals surface area contributed by atoms with Gasteiger partial charge < -0.3 is 14.2 Å². The van der Waals surface area contributed by atoms with E-state index < -0.39 is 6.10 Å². The highest BCUT2D eigenvalue weighted by Gasteiger charge is 2.30. The van der Waals surface area contributed by atoms with E-state index in [0.29, 0.717) is 23.7 Å². The standard InChI is InChI=1S/C12H14O4/c1-7-12(13)11-8(6-16-7)9(14-2)4-5-10(11)15-3/h4-5,7H,6H2,1-3H3/t7-/m0/s1. The fourth-order valence-electron chi connectivity index (χ4n) is 1.87. The Morgan fingerprint density at radius 2 is 1.88 bits per heavy atom. The van der Waals surface area contributed by atoms with E-state index in [-0.39, 0.29) is 5.78 Å². The van der Waals surface area contributed by atoms with Gasteiger partial charge in [-0.1, -0.05) is 0 Å². The Bertz CT molecular complexity index is 425. The maximum absolute atomic E-state index is 12.0. The van der Waals surface area contributed by atoms with Crippen LogP contribution in [0.15, 0.2) is 12.1 Å². The molecule has 1 aromatic carbocycles. The second-order valence-electron chi connectivity index (χ2n) is 3.64. The lowest BCUT2D eigenvalue weighted by atomic mass is 9.96. The Morgan fingerprint density at radius 1 is 1.25 bits per heavy atom. The number of rotatable bonds is 2. The minimum absolute atomic E-state index is 0.0583. The number of benzene rings is 1. The van der Waals surface area contributed by atoms with Gasteiger partial charge in [0.2, 0.25) is 0 Å². The second-order valence-corrected chi connectivity index (χ2v) is 3.64. The quantitative estimate of drug-likeness (QED) is 0.765. The molecule has 0 spiro atoms. The monoisotopic (exact) mass is 222 g/mol. The Balaban J connectivity index is 2.61. The summed E-state index contributed by atoms with van der Waals surface area (Å²) in [7, 11) is 3.13. The molecular formula is C12H14O4. The van der Waals surface area contributed by atoms with Crippen LogP contribution in [0, 0.1) is 0 Å². The molecule has 16 heavy (non-hydrogen) atoms. The third-order valence-corrected chi connectivity index (χ3v) is 2.76. The first kappa shape index (κ1) is 11.0. The fraction of sp³-hybridized carbons (Fsp3) is 0.417. The molecule has 0 bridgehead atoms. The number of carbonyl (C=O) groups is 1. The molecule has 2 rings (SSSR count). The zero-order chi connectivity index (χ0) is 11.7. The van der Waals surface area contributed by atoms with Crippen LogP contribution in [0.2, 0.25) is 0 Å². The van der Waals surface area contributed by atoms with Gasteiger partial charge in [0.15, 0.2) is 5.78 Å². The van der Waals surface area contributed by atoms with E-state index in [1.165, 1.54) is 0 Å². The highest BCUT2D eigenvalue weighted by atomic mass is 16.5. The van der Waals surface area contributed by atoms with Gasteiger partial charge in [0.25, 0.3) is 0 Å². The first-order chi connectivity index (χ1) is 7.69. The Morgan fingerprint density at radius 3 is 2.50 bits per heavy atom. The van der Waals surface area contributed by atoms with E-state index in [9.17, 15) is 4.79 Å². The molecule has 0 amide bonds. The lowest BCUT2D eigenvalue weighted by Gasteiger charge is -2.24. The van der Waals surface area contributed by atoms with Crippen LogP contribution in [-0.2, 0) is 11.3 Å². The van der Waals surface area contributed by atoms with Crippen LogP contribution in [0.4, 0.5) is 0 Å². The van der Waals surface area contributed by atoms with Crippen molar-refractivity contribution in [2.24, 2.45) is 0 Å². The molecule has 0 saturated carbocycles. The average Bonchev–Trinajstić information content (AvgIpc) is 2.32.